The smallest absolute Gasteiger partial charge is 0.407 e. The first-order chi connectivity index (χ1) is 17.0. The first-order valence-corrected chi connectivity index (χ1v) is 14.4. The zero-order chi connectivity index (χ0) is 24.9. The van der Waals surface area contributed by atoms with Gasteiger partial charge in [0, 0.05) is 19.7 Å². The van der Waals surface area contributed by atoms with E-state index in [0.29, 0.717) is 38.6 Å². The second-order valence-electron chi connectivity index (χ2n) is 11.4. The molecule has 0 spiro atoms. The predicted molar refractivity (Wildman–Crippen MR) is 137 cm³/mol. The summed E-state index contributed by atoms with van der Waals surface area (Å²) in [7, 11) is 0. The van der Waals surface area contributed by atoms with Gasteiger partial charge in [-0.1, -0.05) is 58.3 Å². The molecule has 0 radical (unpaired) electrons. The van der Waals surface area contributed by atoms with Crippen molar-refractivity contribution in [3.63, 3.8) is 0 Å². The molecule has 3 saturated carbocycles. The van der Waals surface area contributed by atoms with E-state index in [1.165, 1.54) is 70.6 Å². The predicted octanol–water partition coefficient (Wildman–Crippen LogP) is 6.06. The Kier molecular flexibility index (Phi) is 12.0. The third kappa shape index (κ3) is 9.47. The minimum atomic E-state index is -0.543. The first kappa shape index (κ1) is 28.1. The highest BCUT2D eigenvalue weighted by Crippen LogP contribution is 2.47. The quantitative estimate of drug-likeness (QED) is 0.270. The van der Waals surface area contributed by atoms with Gasteiger partial charge in [-0.15, -0.1) is 0 Å². The third-order valence-corrected chi connectivity index (χ3v) is 8.77. The highest BCUT2D eigenvalue weighted by atomic mass is 16.6. The van der Waals surface area contributed by atoms with Gasteiger partial charge < -0.3 is 24.8 Å². The number of hydrogen-bond donors (Lipinski definition) is 2. The van der Waals surface area contributed by atoms with Crippen LogP contribution in [0.2, 0.25) is 0 Å². The van der Waals surface area contributed by atoms with Crippen molar-refractivity contribution in [2.24, 2.45) is 29.1 Å². The normalized spacial score (nSPS) is 25.7. The number of carbonyl (C=O) groups is 2. The van der Waals surface area contributed by atoms with Crippen LogP contribution in [0.3, 0.4) is 0 Å². The minimum Gasteiger partial charge on any atom is -0.449 e. The average molecular weight is 495 g/mol. The van der Waals surface area contributed by atoms with Gasteiger partial charge in [0.15, 0.2) is 0 Å². The van der Waals surface area contributed by atoms with Gasteiger partial charge in [-0.25, -0.2) is 9.59 Å². The van der Waals surface area contributed by atoms with Crippen molar-refractivity contribution in [1.29, 1.82) is 0 Å². The third-order valence-electron chi connectivity index (χ3n) is 8.77. The fourth-order valence-corrected chi connectivity index (χ4v) is 6.36. The number of rotatable bonds is 15. The molecule has 3 fully saturated rings. The standard InChI is InChI=1S/C28H50N2O5/c1-3-28(20-34-26(31)29-4-2,19-33-15-9-8-12-22-10-6-5-7-11-22)21-35-27(32)30-18-25-17-23-13-14-24(25)16-23/h22-25H,3-21H2,1-2H3,(H,29,31)(H,30,32). The average Bonchev–Trinajstić information content (AvgIpc) is 3.51. The van der Waals surface area contributed by atoms with E-state index < -0.39 is 11.5 Å². The summed E-state index contributed by atoms with van der Waals surface area (Å²) in [5.74, 6) is 3.12. The summed E-state index contributed by atoms with van der Waals surface area (Å²) in [6.45, 7) is 6.53. The molecule has 3 rings (SSSR count). The number of ether oxygens (including phenoxy) is 3. The molecule has 0 aliphatic heterocycles. The topological polar surface area (TPSA) is 85.9 Å². The van der Waals surface area contributed by atoms with Gasteiger partial charge in [0.2, 0.25) is 0 Å². The molecule has 4 atom stereocenters. The summed E-state index contributed by atoms with van der Waals surface area (Å²) in [5.41, 5.74) is -0.543. The van der Waals surface area contributed by atoms with Crippen molar-refractivity contribution in [1.82, 2.24) is 10.6 Å². The first-order valence-electron chi connectivity index (χ1n) is 14.4. The van der Waals surface area contributed by atoms with Crippen molar-refractivity contribution in [2.45, 2.75) is 97.3 Å². The summed E-state index contributed by atoms with van der Waals surface area (Å²) in [6.07, 6.45) is 15.6. The maximum absolute atomic E-state index is 12.5. The Morgan fingerprint density at radius 2 is 1.60 bits per heavy atom. The minimum absolute atomic E-state index is 0.164. The maximum atomic E-state index is 12.5. The lowest BCUT2D eigenvalue weighted by atomic mass is 9.86. The van der Waals surface area contributed by atoms with Crippen LogP contribution >= 0.6 is 0 Å². The molecule has 2 N–H and O–H groups in total. The van der Waals surface area contributed by atoms with Gasteiger partial charge in [0.05, 0.1) is 12.0 Å². The van der Waals surface area contributed by atoms with Crippen LogP contribution in [0, 0.1) is 29.1 Å². The number of hydrogen-bond acceptors (Lipinski definition) is 5. The Labute approximate surface area is 212 Å². The second kappa shape index (κ2) is 14.9. The Morgan fingerprint density at radius 1 is 0.857 bits per heavy atom. The number of carbonyl (C=O) groups excluding carboxylic acids is 2. The molecule has 0 saturated heterocycles. The number of amides is 2. The molecule has 2 bridgehead atoms. The molecule has 3 aliphatic rings. The molecular formula is C28H50N2O5. The van der Waals surface area contributed by atoms with Crippen LogP contribution in [-0.4, -0.2) is 51.7 Å². The fraction of sp³-hybridized carbons (Fsp3) is 0.929. The Bertz CT molecular complexity index is 639. The number of fused-ring (bicyclic) bond motifs is 2. The fourth-order valence-electron chi connectivity index (χ4n) is 6.36. The van der Waals surface area contributed by atoms with Gasteiger partial charge in [-0.3, -0.25) is 0 Å². The lowest BCUT2D eigenvalue weighted by molar-refractivity contribution is -0.0391. The van der Waals surface area contributed by atoms with Gasteiger partial charge in [-0.2, -0.15) is 0 Å². The summed E-state index contributed by atoms with van der Waals surface area (Å²) in [6, 6.07) is 0. The lowest BCUT2D eigenvalue weighted by Crippen LogP contribution is -2.41. The van der Waals surface area contributed by atoms with E-state index in [1.54, 1.807) is 0 Å². The number of unbranched alkanes of at least 4 members (excludes halogenated alkanes) is 1. The molecule has 4 unspecified atom stereocenters. The van der Waals surface area contributed by atoms with Crippen molar-refractivity contribution >= 4 is 12.2 Å². The summed E-state index contributed by atoms with van der Waals surface area (Å²) < 4.78 is 17.2. The van der Waals surface area contributed by atoms with Gasteiger partial charge in [-0.05, 0) is 62.7 Å². The summed E-state index contributed by atoms with van der Waals surface area (Å²) in [5, 5.41) is 5.65. The molecule has 3 aliphatic carbocycles. The highest BCUT2D eigenvalue weighted by molar-refractivity contribution is 5.67. The molecule has 7 nitrogen and oxygen atoms in total. The zero-order valence-electron chi connectivity index (χ0n) is 22.3. The van der Waals surface area contributed by atoms with Crippen LogP contribution in [0.5, 0.6) is 0 Å². The molecule has 0 aromatic heterocycles. The van der Waals surface area contributed by atoms with Gasteiger partial charge in [0.1, 0.15) is 13.2 Å². The zero-order valence-corrected chi connectivity index (χ0v) is 22.3. The van der Waals surface area contributed by atoms with Gasteiger partial charge >= 0.3 is 12.2 Å². The Hall–Kier alpha value is -1.50. The van der Waals surface area contributed by atoms with Crippen molar-refractivity contribution in [3.8, 4) is 0 Å². The molecule has 202 valence electrons. The van der Waals surface area contributed by atoms with E-state index in [4.69, 9.17) is 14.2 Å². The maximum Gasteiger partial charge on any atom is 0.407 e. The SMILES string of the molecule is CCNC(=O)OCC(CC)(COCCCCC1CCCCC1)COC(=O)NCC1CC2CCC1C2. The van der Waals surface area contributed by atoms with E-state index in [1.807, 2.05) is 13.8 Å². The Morgan fingerprint density at radius 3 is 2.23 bits per heavy atom. The molecule has 35 heavy (non-hydrogen) atoms. The van der Waals surface area contributed by atoms with E-state index in [0.717, 1.165) is 24.2 Å². The molecule has 7 heteroatoms. The second-order valence-corrected chi connectivity index (χ2v) is 11.4. The van der Waals surface area contributed by atoms with Gasteiger partial charge in [0.25, 0.3) is 0 Å². The molecule has 0 aromatic rings. The molecule has 0 heterocycles. The van der Waals surface area contributed by atoms with Crippen LogP contribution in [0.25, 0.3) is 0 Å². The summed E-state index contributed by atoms with van der Waals surface area (Å²) >= 11 is 0. The Balaban J connectivity index is 1.39. The molecule has 0 aromatic carbocycles. The van der Waals surface area contributed by atoms with Crippen LogP contribution < -0.4 is 10.6 Å². The monoisotopic (exact) mass is 494 g/mol. The molecule has 2 amide bonds. The van der Waals surface area contributed by atoms with Crippen LogP contribution in [0.4, 0.5) is 9.59 Å². The number of alkyl carbamates (subject to hydrolysis) is 2. The lowest BCUT2D eigenvalue weighted by Gasteiger charge is -2.31. The number of nitrogens with one attached hydrogen (secondary N) is 2. The van der Waals surface area contributed by atoms with E-state index >= 15 is 0 Å². The van der Waals surface area contributed by atoms with E-state index in [2.05, 4.69) is 10.6 Å². The largest absolute Gasteiger partial charge is 0.449 e. The van der Waals surface area contributed by atoms with Crippen molar-refractivity contribution < 1.29 is 23.8 Å². The molecular weight excluding hydrogens is 444 g/mol. The van der Waals surface area contributed by atoms with Crippen molar-refractivity contribution in [2.75, 3.05) is 39.5 Å². The van der Waals surface area contributed by atoms with Crippen LogP contribution in [0.15, 0.2) is 0 Å². The van der Waals surface area contributed by atoms with E-state index in [9.17, 15) is 9.59 Å². The van der Waals surface area contributed by atoms with Crippen molar-refractivity contribution in [3.05, 3.63) is 0 Å². The van der Waals surface area contributed by atoms with Crippen LogP contribution in [-0.2, 0) is 14.2 Å². The van der Waals surface area contributed by atoms with E-state index in [-0.39, 0.29) is 19.3 Å². The highest BCUT2D eigenvalue weighted by Gasteiger charge is 2.39. The summed E-state index contributed by atoms with van der Waals surface area (Å²) in [4.78, 5) is 24.4. The van der Waals surface area contributed by atoms with Crippen LogP contribution in [0.1, 0.15) is 97.3 Å².